The fraction of sp³-hybridized carbons (Fsp3) is 0.296. The molecule has 3 aromatic rings. The molecule has 1 aliphatic heterocycles. The fourth-order valence-corrected chi connectivity index (χ4v) is 3.86. The summed E-state index contributed by atoms with van der Waals surface area (Å²) in [6.07, 6.45) is 1.88. The zero-order chi connectivity index (χ0) is 23.9. The van der Waals surface area contributed by atoms with Crippen LogP contribution in [0.15, 0.2) is 66.9 Å². The smallest absolute Gasteiger partial charge is 0.225 e. The predicted octanol–water partition coefficient (Wildman–Crippen LogP) is 4.25. The number of amides is 2. The largest absolute Gasteiger partial charge is 0.494 e. The number of carbonyl (C=O) groups excluding carboxylic acids is 2. The Morgan fingerprint density at radius 2 is 1.79 bits per heavy atom. The van der Waals surface area contributed by atoms with E-state index in [1.807, 2.05) is 68.4 Å². The van der Waals surface area contributed by atoms with E-state index in [1.54, 1.807) is 17.2 Å². The van der Waals surface area contributed by atoms with Crippen LogP contribution in [0.1, 0.15) is 30.0 Å². The second-order valence-electron chi connectivity index (χ2n) is 8.39. The Hall–Kier alpha value is -3.87. The highest BCUT2D eigenvalue weighted by Crippen LogP contribution is 2.24. The first-order valence-corrected chi connectivity index (χ1v) is 11.5. The van der Waals surface area contributed by atoms with Gasteiger partial charge in [0.25, 0.3) is 0 Å². The van der Waals surface area contributed by atoms with Crippen LogP contribution in [0.3, 0.4) is 0 Å². The average molecular weight is 460 g/mol. The van der Waals surface area contributed by atoms with Crippen LogP contribution in [0.5, 0.6) is 17.4 Å². The SMILES string of the molecule is CCOc1ccc(Oc2cc(CNC(=O)C3CC(=O)N(Cc4ccc(C)cc4)C3)ccn2)cc1. The van der Waals surface area contributed by atoms with Crippen LogP contribution in [-0.4, -0.2) is 34.8 Å². The standard InChI is InChI=1S/C27H29N3O4/c1-3-33-23-8-10-24(11-9-23)34-25-14-21(12-13-28-25)16-29-27(32)22-15-26(31)30(18-22)17-20-6-4-19(2)5-7-20/h4-14,22H,3,15-18H2,1-2H3,(H,29,32). The molecule has 7 heteroatoms. The van der Waals surface area contributed by atoms with Crippen molar-refractivity contribution < 1.29 is 19.1 Å². The van der Waals surface area contributed by atoms with E-state index in [9.17, 15) is 9.59 Å². The predicted molar refractivity (Wildman–Crippen MR) is 128 cm³/mol. The number of rotatable bonds is 9. The lowest BCUT2D eigenvalue weighted by Gasteiger charge is -2.17. The Morgan fingerprint density at radius 1 is 1.06 bits per heavy atom. The van der Waals surface area contributed by atoms with Crippen molar-refractivity contribution in [1.82, 2.24) is 15.2 Å². The molecule has 0 saturated carbocycles. The minimum Gasteiger partial charge on any atom is -0.494 e. The first-order chi connectivity index (χ1) is 16.5. The monoisotopic (exact) mass is 459 g/mol. The quantitative estimate of drug-likeness (QED) is 0.518. The number of nitrogens with zero attached hydrogens (tertiary/aromatic N) is 2. The summed E-state index contributed by atoms with van der Waals surface area (Å²) in [6.45, 7) is 5.87. The molecule has 2 amide bonds. The summed E-state index contributed by atoms with van der Waals surface area (Å²) in [7, 11) is 0. The Bertz CT molecular complexity index is 1130. The first kappa shape index (κ1) is 23.3. The van der Waals surface area contributed by atoms with Crippen LogP contribution in [0.4, 0.5) is 0 Å². The van der Waals surface area contributed by atoms with Crippen molar-refractivity contribution in [2.45, 2.75) is 33.4 Å². The Labute approximate surface area is 199 Å². The molecule has 7 nitrogen and oxygen atoms in total. The number of hydrogen-bond acceptors (Lipinski definition) is 5. The zero-order valence-corrected chi connectivity index (χ0v) is 19.5. The minimum atomic E-state index is -0.348. The van der Waals surface area contributed by atoms with Gasteiger partial charge in [0.15, 0.2) is 0 Å². The molecule has 1 aliphatic rings. The highest BCUT2D eigenvalue weighted by molar-refractivity contribution is 5.89. The molecule has 2 aromatic carbocycles. The average Bonchev–Trinajstić information content (AvgIpc) is 3.21. The number of benzene rings is 2. The van der Waals surface area contributed by atoms with Crippen molar-refractivity contribution >= 4 is 11.8 Å². The molecule has 0 spiro atoms. The molecule has 176 valence electrons. The molecular weight excluding hydrogens is 430 g/mol. The van der Waals surface area contributed by atoms with Gasteiger partial charge in [-0.15, -0.1) is 0 Å². The summed E-state index contributed by atoms with van der Waals surface area (Å²) in [5.74, 6) is 1.41. The summed E-state index contributed by atoms with van der Waals surface area (Å²) in [6, 6.07) is 19.0. The molecular formula is C27H29N3O4. The van der Waals surface area contributed by atoms with E-state index < -0.39 is 0 Å². The van der Waals surface area contributed by atoms with Gasteiger partial charge in [-0.05, 0) is 55.3 Å². The molecule has 0 radical (unpaired) electrons. The lowest BCUT2D eigenvalue weighted by molar-refractivity contribution is -0.129. The molecule has 1 saturated heterocycles. The van der Waals surface area contributed by atoms with Gasteiger partial charge in [-0.25, -0.2) is 4.98 Å². The van der Waals surface area contributed by atoms with E-state index >= 15 is 0 Å². The molecule has 0 bridgehead atoms. The van der Waals surface area contributed by atoms with Gasteiger partial charge in [-0.3, -0.25) is 9.59 Å². The summed E-state index contributed by atoms with van der Waals surface area (Å²) < 4.78 is 11.3. The van der Waals surface area contributed by atoms with Gasteiger partial charge in [0.05, 0.1) is 12.5 Å². The maximum atomic E-state index is 12.7. The highest BCUT2D eigenvalue weighted by atomic mass is 16.5. The number of ether oxygens (including phenoxy) is 2. The molecule has 1 atom stereocenters. The van der Waals surface area contributed by atoms with Gasteiger partial charge in [-0.2, -0.15) is 0 Å². The first-order valence-electron chi connectivity index (χ1n) is 11.5. The highest BCUT2D eigenvalue weighted by Gasteiger charge is 2.34. The van der Waals surface area contributed by atoms with Crippen molar-refractivity contribution in [2.24, 2.45) is 5.92 Å². The molecule has 1 aromatic heterocycles. The van der Waals surface area contributed by atoms with E-state index in [4.69, 9.17) is 9.47 Å². The van der Waals surface area contributed by atoms with Crippen LogP contribution >= 0.6 is 0 Å². The molecule has 1 N–H and O–H groups in total. The molecule has 34 heavy (non-hydrogen) atoms. The molecule has 2 heterocycles. The molecule has 4 rings (SSSR count). The number of nitrogens with one attached hydrogen (secondary N) is 1. The maximum absolute atomic E-state index is 12.7. The van der Waals surface area contributed by atoms with Gasteiger partial charge >= 0.3 is 0 Å². The van der Waals surface area contributed by atoms with Crippen molar-refractivity contribution in [3.63, 3.8) is 0 Å². The number of aromatic nitrogens is 1. The Balaban J connectivity index is 1.29. The second-order valence-corrected chi connectivity index (χ2v) is 8.39. The topological polar surface area (TPSA) is 80.8 Å². The van der Waals surface area contributed by atoms with Gasteiger partial charge in [-0.1, -0.05) is 29.8 Å². The number of hydrogen-bond donors (Lipinski definition) is 1. The van der Waals surface area contributed by atoms with Crippen LogP contribution in [0.2, 0.25) is 0 Å². The van der Waals surface area contributed by atoms with Crippen LogP contribution in [0, 0.1) is 12.8 Å². The van der Waals surface area contributed by atoms with Crippen molar-refractivity contribution in [3.05, 3.63) is 83.6 Å². The van der Waals surface area contributed by atoms with E-state index in [0.717, 1.165) is 16.9 Å². The maximum Gasteiger partial charge on any atom is 0.225 e. The molecule has 1 unspecified atom stereocenters. The van der Waals surface area contributed by atoms with E-state index in [2.05, 4.69) is 10.3 Å². The lowest BCUT2D eigenvalue weighted by atomic mass is 10.1. The van der Waals surface area contributed by atoms with Crippen molar-refractivity contribution in [3.8, 4) is 17.4 Å². The molecule has 1 fully saturated rings. The fourth-order valence-electron chi connectivity index (χ4n) is 3.86. The zero-order valence-electron chi connectivity index (χ0n) is 19.5. The van der Waals surface area contributed by atoms with Crippen LogP contribution in [0.25, 0.3) is 0 Å². The van der Waals surface area contributed by atoms with Crippen molar-refractivity contribution in [1.29, 1.82) is 0 Å². The second kappa shape index (κ2) is 10.8. The Kier molecular flexibility index (Phi) is 7.42. The third-order valence-electron chi connectivity index (χ3n) is 5.70. The van der Waals surface area contributed by atoms with Gasteiger partial charge < -0.3 is 19.7 Å². The van der Waals surface area contributed by atoms with Gasteiger partial charge in [0, 0.05) is 38.3 Å². The van der Waals surface area contributed by atoms with E-state index in [0.29, 0.717) is 37.9 Å². The minimum absolute atomic E-state index is 0.00989. The number of carbonyl (C=O) groups is 2. The Morgan fingerprint density at radius 3 is 2.53 bits per heavy atom. The summed E-state index contributed by atoms with van der Waals surface area (Å²) in [4.78, 5) is 31.1. The third-order valence-corrected chi connectivity index (χ3v) is 5.70. The van der Waals surface area contributed by atoms with Gasteiger partial charge in [0.2, 0.25) is 17.7 Å². The summed E-state index contributed by atoms with van der Waals surface area (Å²) in [5.41, 5.74) is 3.11. The molecule has 0 aliphatic carbocycles. The summed E-state index contributed by atoms with van der Waals surface area (Å²) in [5, 5.41) is 2.95. The number of likely N-dealkylation sites (tertiary alicyclic amines) is 1. The van der Waals surface area contributed by atoms with Crippen LogP contribution in [-0.2, 0) is 22.7 Å². The third kappa shape index (κ3) is 6.13. The van der Waals surface area contributed by atoms with Gasteiger partial charge in [0.1, 0.15) is 11.5 Å². The van der Waals surface area contributed by atoms with Crippen molar-refractivity contribution in [2.75, 3.05) is 13.2 Å². The lowest BCUT2D eigenvalue weighted by Crippen LogP contribution is -2.32. The number of aryl methyl sites for hydroxylation is 1. The normalized spacial score (nSPS) is 15.3. The van der Waals surface area contributed by atoms with E-state index in [1.165, 1.54) is 5.56 Å². The van der Waals surface area contributed by atoms with Crippen LogP contribution < -0.4 is 14.8 Å². The summed E-state index contributed by atoms with van der Waals surface area (Å²) >= 11 is 0. The number of pyridine rings is 1. The van der Waals surface area contributed by atoms with E-state index in [-0.39, 0.29) is 24.2 Å².